The van der Waals surface area contributed by atoms with Gasteiger partial charge >= 0.3 is 0 Å². The van der Waals surface area contributed by atoms with Crippen LogP contribution in [0, 0.1) is 5.92 Å². The molecule has 2 fully saturated rings. The fourth-order valence-electron chi connectivity index (χ4n) is 3.35. The number of nitrogens with one attached hydrogen (secondary N) is 1. The molecular formula is C15H28N2O2. The summed E-state index contributed by atoms with van der Waals surface area (Å²) in [4.78, 5) is 14.3. The Balaban J connectivity index is 1.76. The summed E-state index contributed by atoms with van der Waals surface area (Å²) in [6.45, 7) is 2.78. The number of amides is 1. The number of carbonyl (C=O) groups excluding carboxylic acids is 1. The smallest absolute Gasteiger partial charge is 0.237 e. The summed E-state index contributed by atoms with van der Waals surface area (Å²) in [6.07, 6.45) is 7.68. The van der Waals surface area contributed by atoms with Gasteiger partial charge in [-0.3, -0.25) is 9.69 Å². The highest BCUT2D eigenvalue weighted by atomic mass is 16.3. The topological polar surface area (TPSA) is 52.6 Å². The first-order valence-corrected chi connectivity index (χ1v) is 7.76. The monoisotopic (exact) mass is 268 g/mol. The Morgan fingerprint density at radius 2 is 1.95 bits per heavy atom. The van der Waals surface area contributed by atoms with Gasteiger partial charge in [0.2, 0.25) is 5.91 Å². The summed E-state index contributed by atoms with van der Waals surface area (Å²) in [5.74, 6) is 0.480. The minimum atomic E-state index is -0.174. The van der Waals surface area contributed by atoms with Crippen molar-refractivity contribution < 1.29 is 9.90 Å². The second-order valence-corrected chi connectivity index (χ2v) is 6.36. The van der Waals surface area contributed by atoms with Crippen LogP contribution in [0.2, 0.25) is 0 Å². The zero-order valence-electron chi connectivity index (χ0n) is 12.3. The van der Waals surface area contributed by atoms with Gasteiger partial charge in [0.05, 0.1) is 12.1 Å². The summed E-state index contributed by atoms with van der Waals surface area (Å²) in [5.41, 5.74) is 0. The largest absolute Gasteiger partial charge is 0.393 e. The number of carbonyl (C=O) groups is 1. The molecule has 0 aliphatic heterocycles. The van der Waals surface area contributed by atoms with Gasteiger partial charge in [0.15, 0.2) is 0 Å². The molecule has 2 saturated carbocycles. The molecule has 3 unspecified atom stereocenters. The number of aliphatic hydroxyl groups excluding tert-OH is 1. The number of hydrogen-bond acceptors (Lipinski definition) is 3. The van der Waals surface area contributed by atoms with E-state index in [1.165, 1.54) is 12.8 Å². The van der Waals surface area contributed by atoms with Crippen molar-refractivity contribution in [1.29, 1.82) is 0 Å². The normalized spacial score (nSPS) is 29.9. The van der Waals surface area contributed by atoms with Crippen LogP contribution in [0.4, 0.5) is 0 Å². The molecule has 4 heteroatoms. The van der Waals surface area contributed by atoms with Crippen molar-refractivity contribution in [3.63, 3.8) is 0 Å². The standard InChI is InChI=1S/C15H28N2O2/c1-11(15(19)16-13-7-3-4-8-13)17(2)10-12-6-5-9-14(12)18/h11-14,18H,3-10H2,1-2H3,(H,16,19). The second kappa shape index (κ2) is 6.71. The lowest BCUT2D eigenvalue weighted by Crippen LogP contribution is -2.48. The molecule has 2 aliphatic rings. The molecule has 0 aromatic carbocycles. The molecule has 3 atom stereocenters. The highest BCUT2D eigenvalue weighted by Crippen LogP contribution is 2.26. The molecule has 0 aromatic rings. The Bertz CT molecular complexity index is 303. The van der Waals surface area contributed by atoms with Gasteiger partial charge in [-0.05, 0) is 45.6 Å². The zero-order chi connectivity index (χ0) is 13.8. The first-order valence-electron chi connectivity index (χ1n) is 7.76. The average Bonchev–Trinajstić information content (AvgIpc) is 3.01. The van der Waals surface area contributed by atoms with Crippen LogP contribution in [0.1, 0.15) is 51.9 Å². The van der Waals surface area contributed by atoms with Gasteiger partial charge in [-0.15, -0.1) is 0 Å². The van der Waals surface area contributed by atoms with Gasteiger partial charge in [-0.25, -0.2) is 0 Å². The number of nitrogens with zero attached hydrogens (tertiary/aromatic N) is 1. The Hall–Kier alpha value is -0.610. The van der Waals surface area contributed by atoms with Gasteiger partial charge in [0.25, 0.3) is 0 Å². The van der Waals surface area contributed by atoms with E-state index in [1.807, 2.05) is 14.0 Å². The quantitative estimate of drug-likeness (QED) is 0.795. The molecule has 0 spiro atoms. The van der Waals surface area contributed by atoms with Crippen molar-refractivity contribution >= 4 is 5.91 Å². The lowest BCUT2D eigenvalue weighted by molar-refractivity contribution is -0.126. The van der Waals surface area contributed by atoms with Crippen molar-refractivity contribution in [3.05, 3.63) is 0 Å². The Labute approximate surface area is 116 Å². The van der Waals surface area contributed by atoms with Crippen molar-refractivity contribution in [3.8, 4) is 0 Å². The van der Waals surface area contributed by atoms with Gasteiger partial charge in [-0.2, -0.15) is 0 Å². The van der Waals surface area contributed by atoms with E-state index in [2.05, 4.69) is 10.2 Å². The van der Waals surface area contributed by atoms with E-state index in [-0.39, 0.29) is 18.1 Å². The summed E-state index contributed by atoms with van der Waals surface area (Å²) in [7, 11) is 1.99. The van der Waals surface area contributed by atoms with Crippen LogP contribution in [0.5, 0.6) is 0 Å². The van der Waals surface area contributed by atoms with Gasteiger partial charge in [-0.1, -0.05) is 19.3 Å². The summed E-state index contributed by atoms with van der Waals surface area (Å²) >= 11 is 0. The van der Waals surface area contributed by atoms with E-state index in [1.54, 1.807) is 0 Å². The van der Waals surface area contributed by atoms with E-state index in [0.717, 1.165) is 38.6 Å². The predicted octanol–water partition coefficient (Wildman–Crippen LogP) is 1.53. The third-order valence-corrected chi connectivity index (χ3v) is 4.88. The highest BCUT2D eigenvalue weighted by molar-refractivity contribution is 5.81. The lowest BCUT2D eigenvalue weighted by Gasteiger charge is -2.28. The number of likely N-dealkylation sites (N-methyl/N-ethyl adjacent to an activating group) is 1. The van der Waals surface area contributed by atoms with E-state index in [9.17, 15) is 9.90 Å². The summed E-state index contributed by atoms with van der Waals surface area (Å²) in [6, 6.07) is 0.286. The first-order chi connectivity index (χ1) is 9.08. The molecule has 4 nitrogen and oxygen atoms in total. The van der Waals surface area contributed by atoms with Crippen molar-refractivity contribution in [2.45, 2.75) is 70.1 Å². The van der Waals surface area contributed by atoms with E-state index < -0.39 is 0 Å². The molecule has 2 N–H and O–H groups in total. The molecule has 1 amide bonds. The first kappa shape index (κ1) is 14.8. The fourth-order valence-corrected chi connectivity index (χ4v) is 3.35. The van der Waals surface area contributed by atoms with Crippen LogP contribution in [0.25, 0.3) is 0 Å². The zero-order valence-corrected chi connectivity index (χ0v) is 12.3. The lowest BCUT2D eigenvalue weighted by atomic mass is 10.0. The van der Waals surface area contributed by atoms with Crippen molar-refractivity contribution in [2.75, 3.05) is 13.6 Å². The molecule has 0 saturated heterocycles. The molecule has 19 heavy (non-hydrogen) atoms. The van der Waals surface area contributed by atoms with E-state index >= 15 is 0 Å². The molecule has 0 aromatic heterocycles. The maximum Gasteiger partial charge on any atom is 0.237 e. The third kappa shape index (κ3) is 3.93. The van der Waals surface area contributed by atoms with Gasteiger partial charge in [0.1, 0.15) is 0 Å². The second-order valence-electron chi connectivity index (χ2n) is 6.36. The van der Waals surface area contributed by atoms with Gasteiger partial charge < -0.3 is 10.4 Å². The molecule has 110 valence electrons. The number of hydrogen-bond donors (Lipinski definition) is 2. The Kier molecular flexibility index (Phi) is 5.22. The van der Waals surface area contributed by atoms with Crippen LogP contribution in [-0.2, 0) is 4.79 Å². The third-order valence-electron chi connectivity index (χ3n) is 4.88. The Morgan fingerprint density at radius 1 is 1.26 bits per heavy atom. The highest BCUT2D eigenvalue weighted by Gasteiger charge is 2.29. The molecule has 0 bridgehead atoms. The maximum atomic E-state index is 12.2. The fraction of sp³-hybridized carbons (Fsp3) is 0.933. The molecule has 2 aliphatic carbocycles. The van der Waals surface area contributed by atoms with Crippen LogP contribution >= 0.6 is 0 Å². The van der Waals surface area contributed by atoms with Crippen LogP contribution in [0.15, 0.2) is 0 Å². The van der Waals surface area contributed by atoms with E-state index in [0.29, 0.717) is 12.0 Å². The molecular weight excluding hydrogens is 240 g/mol. The van der Waals surface area contributed by atoms with Crippen LogP contribution in [0.3, 0.4) is 0 Å². The number of rotatable bonds is 5. The minimum Gasteiger partial charge on any atom is -0.393 e. The average molecular weight is 268 g/mol. The van der Waals surface area contributed by atoms with Crippen LogP contribution in [-0.4, -0.2) is 47.7 Å². The molecule has 2 rings (SSSR count). The maximum absolute atomic E-state index is 12.2. The van der Waals surface area contributed by atoms with Crippen molar-refractivity contribution in [2.24, 2.45) is 5.92 Å². The predicted molar refractivity (Wildman–Crippen MR) is 75.8 cm³/mol. The van der Waals surface area contributed by atoms with E-state index in [4.69, 9.17) is 0 Å². The molecule has 0 radical (unpaired) electrons. The Morgan fingerprint density at radius 3 is 2.53 bits per heavy atom. The van der Waals surface area contributed by atoms with Crippen LogP contribution < -0.4 is 5.32 Å². The minimum absolute atomic E-state index is 0.103. The summed E-state index contributed by atoms with van der Waals surface area (Å²) in [5, 5.41) is 13.0. The molecule has 0 heterocycles. The summed E-state index contributed by atoms with van der Waals surface area (Å²) < 4.78 is 0. The van der Waals surface area contributed by atoms with Gasteiger partial charge in [0, 0.05) is 12.6 Å². The van der Waals surface area contributed by atoms with Crippen molar-refractivity contribution in [1.82, 2.24) is 10.2 Å². The SMILES string of the molecule is CC(C(=O)NC1CCCC1)N(C)CC1CCCC1O. The number of aliphatic hydroxyl groups is 1.